The summed E-state index contributed by atoms with van der Waals surface area (Å²) in [5.74, 6) is 0.0520. The van der Waals surface area contributed by atoms with Gasteiger partial charge < -0.3 is 5.11 Å². The zero-order valence-corrected chi connectivity index (χ0v) is 16.2. The molecule has 1 aliphatic rings. The first-order valence-corrected chi connectivity index (χ1v) is 10.5. The molecule has 0 saturated carbocycles. The molecule has 27 heavy (non-hydrogen) atoms. The largest absolute Gasteiger partial charge is 0.395 e. The highest BCUT2D eigenvalue weighted by Crippen LogP contribution is 2.26. The number of hydrogen-bond donors (Lipinski definition) is 1. The number of nitrogens with zero attached hydrogens (tertiary/aromatic N) is 2. The Morgan fingerprint density at radius 3 is 2.44 bits per heavy atom. The van der Waals surface area contributed by atoms with Crippen molar-refractivity contribution < 1.29 is 18.3 Å². The van der Waals surface area contributed by atoms with Gasteiger partial charge in [0.25, 0.3) is 0 Å². The maximum atomic E-state index is 12.7. The molecule has 6 nitrogen and oxygen atoms in total. The third-order valence-corrected chi connectivity index (χ3v) is 6.81. The number of aliphatic hydroxyl groups is 1. The maximum Gasteiger partial charge on any atom is 0.243 e. The molecule has 2 heterocycles. The van der Waals surface area contributed by atoms with Gasteiger partial charge in [0.1, 0.15) is 5.78 Å². The topological polar surface area (TPSA) is 87.6 Å². The van der Waals surface area contributed by atoms with E-state index in [1.165, 1.54) is 16.4 Å². The second-order valence-electron chi connectivity index (χ2n) is 6.94. The number of rotatable bonds is 7. The fraction of sp³-hybridized carbons (Fsp3) is 0.400. The van der Waals surface area contributed by atoms with Gasteiger partial charge in [-0.3, -0.25) is 9.78 Å². The summed E-state index contributed by atoms with van der Waals surface area (Å²) in [5.41, 5.74) is 2.55. The van der Waals surface area contributed by atoms with E-state index in [4.69, 9.17) is 0 Å². The number of aromatic nitrogens is 1. The van der Waals surface area contributed by atoms with Gasteiger partial charge in [-0.15, -0.1) is 0 Å². The first-order chi connectivity index (χ1) is 12.9. The lowest BCUT2D eigenvalue weighted by Gasteiger charge is -2.22. The smallest absolute Gasteiger partial charge is 0.243 e. The molecule has 144 valence electrons. The quantitative estimate of drug-likeness (QED) is 0.783. The summed E-state index contributed by atoms with van der Waals surface area (Å²) < 4.78 is 26.9. The second kappa shape index (κ2) is 8.29. The fourth-order valence-electron chi connectivity index (χ4n) is 3.34. The number of ketones is 1. The van der Waals surface area contributed by atoms with E-state index >= 15 is 0 Å². The van der Waals surface area contributed by atoms with Crippen LogP contribution in [0.1, 0.15) is 29.7 Å². The molecule has 0 unspecified atom stereocenters. The predicted octanol–water partition coefficient (Wildman–Crippen LogP) is 1.89. The number of hydrogen-bond acceptors (Lipinski definition) is 5. The molecule has 1 fully saturated rings. The second-order valence-corrected chi connectivity index (χ2v) is 8.83. The summed E-state index contributed by atoms with van der Waals surface area (Å²) in [6, 6.07) is 9.86. The minimum Gasteiger partial charge on any atom is -0.395 e. The Hall–Kier alpha value is -2.09. The van der Waals surface area contributed by atoms with E-state index in [-0.39, 0.29) is 29.7 Å². The van der Waals surface area contributed by atoms with E-state index < -0.39 is 10.0 Å². The number of benzene rings is 1. The fourth-order valence-corrected chi connectivity index (χ4v) is 5.03. The Morgan fingerprint density at radius 2 is 1.81 bits per heavy atom. The van der Waals surface area contributed by atoms with Gasteiger partial charge in [0, 0.05) is 37.3 Å². The molecule has 3 rings (SSSR count). The van der Waals surface area contributed by atoms with Crippen LogP contribution in [-0.2, 0) is 27.7 Å². The van der Waals surface area contributed by atoms with E-state index in [0.717, 1.165) is 23.2 Å². The molecule has 1 saturated heterocycles. The van der Waals surface area contributed by atoms with E-state index in [0.29, 0.717) is 19.4 Å². The predicted molar refractivity (Wildman–Crippen MR) is 102 cm³/mol. The standard InChI is InChI=1S/C20H24N2O4S/c1-15-4-5-17(13-21-15)12-19(24)11-16-6-8-20(9-7-16)27(25,26)22-10-2-3-18(22)14-23/h4-9,13,18,23H,2-3,10-12,14H2,1H3/t18-/m1/s1. The van der Waals surface area contributed by atoms with Crippen LogP contribution in [0, 0.1) is 6.92 Å². The Kier molecular flexibility index (Phi) is 6.04. The molecule has 0 spiro atoms. The van der Waals surface area contributed by atoms with Crippen molar-refractivity contribution >= 4 is 15.8 Å². The SMILES string of the molecule is Cc1ccc(CC(=O)Cc2ccc(S(=O)(=O)N3CCC[C@@H]3CO)cc2)cn1. The average molecular weight is 388 g/mol. The van der Waals surface area contributed by atoms with Gasteiger partial charge in [-0.2, -0.15) is 4.31 Å². The van der Waals surface area contributed by atoms with Gasteiger partial charge in [-0.05, 0) is 49.1 Å². The molecule has 0 radical (unpaired) electrons. The number of carbonyl (C=O) groups excluding carboxylic acids is 1. The molecular formula is C20H24N2O4S. The van der Waals surface area contributed by atoms with Crippen molar-refractivity contribution in [3.63, 3.8) is 0 Å². The maximum absolute atomic E-state index is 12.7. The Balaban J connectivity index is 1.66. The van der Waals surface area contributed by atoms with Crippen molar-refractivity contribution in [3.8, 4) is 0 Å². The van der Waals surface area contributed by atoms with E-state index in [1.807, 2.05) is 19.1 Å². The Bertz CT molecular complexity index is 893. The van der Waals surface area contributed by atoms with Gasteiger partial charge in [0.15, 0.2) is 0 Å². The first-order valence-electron chi connectivity index (χ1n) is 9.05. The first kappa shape index (κ1) is 19.7. The molecule has 1 aliphatic heterocycles. The van der Waals surface area contributed by atoms with Gasteiger partial charge in [-0.1, -0.05) is 18.2 Å². The number of Topliss-reactive ketones (excluding diaryl/α,β-unsaturated/α-hetero) is 1. The van der Waals surface area contributed by atoms with Crippen LogP contribution in [-0.4, -0.2) is 47.8 Å². The minimum atomic E-state index is -3.62. The van der Waals surface area contributed by atoms with Crippen LogP contribution in [0.4, 0.5) is 0 Å². The summed E-state index contributed by atoms with van der Waals surface area (Å²) >= 11 is 0. The van der Waals surface area contributed by atoms with Gasteiger partial charge >= 0.3 is 0 Å². The molecule has 0 aliphatic carbocycles. The van der Waals surface area contributed by atoms with Crippen molar-refractivity contribution in [3.05, 3.63) is 59.4 Å². The monoisotopic (exact) mass is 388 g/mol. The van der Waals surface area contributed by atoms with Crippen LogP contribution in [0.15, 0.2) is 47.5 Å². The van der Waals surface area contributed by atoms with Crippen molar-refractivity contribution in [2.45, 2.75) is 43.5 Å². The molecule has 1 N–H and O–H groups in total. The number of carbonyl (C=O) groups is 1. The van der Waals surface area contributed by atoms with Crippen molar-refractivity contribution in [2.75, 3.05) is 13.2 Å². The zero-order valence-electron chi connectivity index (χ0n) is 15.3. The lowest BCUT2D eigenvalue weighted by atomic mass is 10.0. The van der Waals surface area contributed by atoms with Gasteiger partial charge in [-0.25, -0.2) is 8.42 Å². The van der Waals surface area contributed by atoms with Crippen molar-refractivity contribution in [1.29, 1.82) is 0 Å². The van der Waals surface area contributed by atoms with Gasteiger partial charge in [0.05, 0.1) is 11.5 Å². The minimum absolute atomic E-state index is 0.0520. The third-order valence-electron chi connectivity index (χ3n) is 4.84. The van der Waals surface area contributed by atoms with Crippen molar-refractivity contribution in [2.24, 2.45) is 0 Å². The lowest BCUT2D eigenvalue weighted by Crippen LogP contribution is -2.37. The summed E-state index contributed by atoms with van der Waals surface area (Å²) in [6.45, 7) is 2.16. The van der Waals surface area contributed by atoms with Crippen LogP contribution < -0.4 is 0 Å². The zero-order chi connectivity index (χ0) is 19.4. The highest BCUT2D eigenvalue weighted by molar-refractivity contribution is 7.89. The van der Waals surface area contributed by atoms with Crippen LogP contribution >= 0.6 is 0 Å². The highest BCUT2D eigenvalue weighted by Gasteiger charge is 2.34. The normalized spacial score (nSPS) is 17.9. The number of aryl methyl sites for hydroxylation is 1. The number of aliphatic hydroxyl groups excluding tert-OH is 1. The summed E-state index contributed by atoms with van der Waals surface area (Å²) in [6.07, 6.45) is 3.69. The number of sulfonamides is 1. The molecule has 1 atom stereocenters. The van der Waals surface area contributed by atoms with E-state index in [1.54, 1.807) is 18.3 Å². The van der Waals surface area contributed by atoms with Crippen LogP contribution in [0.3, 0.4) is 0 Å². The van der Waals surface area contributed by atoms with E-state index in [2.05, 4.69) is 4.98 Å². The molecule has 2 aromatic rings. The summed E-state index contributed by atoms with van der Waals surface area (Å²) in [4.78, 5) is 16.6. The van der Waals surface area contributed by atoms with E-state index in [9.17, 15) is 18.3 Å². The average Bonchev–Trinajstić information content (AvgIpc) is 3.14. The van der Waals surface area contributed by atoms with Gasteiger partial charge in [0.2, 0.25) is 10.0 Å². The number of pyridine rings is 1. The third kappa shape index (κ3) is 4.61. The molecule has 0 bridgehead atoms. The molecule has 0 amide bonds. The summed E-state index contributed by atoms with van der Waals surface area (Å²) in [7, 11) is -3.62. The van der Waals surface area contributed by atoms with Crippen molar-refractivity contribution in [1.82, 2.24) is 9.29 Å². The van der Waals surface area contributed by atoms with Crippen LogP contribution in [0.25, 0.3) is 0 Å². The lowest BCUT2D eigenvalue weighted by molar-refractivity contribution is -0.117. The molecule has 1 aromatic heterocycles. The summed E-state index contributed by atoms with van der Waals surface area (Å²) in [5, 5.41) is 9.38. The molecule has 1 aromatic carbocycles. The molecule has 7 heteroatoms. The Morgan fingerprint density at radius 1 is 1.15 bits per heavy atom. The molecular weight excluding hydrogens is 364 g/mol. The Labute approximate surface area is 159 Å². The van der Waals surface area contributed by atoms with Crippen LogP contribution in [0.5, 0.6) is 0 Å². The highest BCUT2D eigenvalue weighted by atomic mass is 32.2. The van der Waals surface area contributed by atoms with Crippen LogP contribution in [0.2, 0.25) is 0 Å².